The van der Waals surface area contributed by atoms with Crippen molar-refractivity contribution >= 4 is 52.0 Å². The lowest BCUT2D eigenvalue weighted by molar-refractivity contribution is -0.121. The second-order valence-corrected chi connectivity index (χ2v) is 6.17. The molecule has 9 heteroatoms. The number of halogens is 1. The fourth-order valence-corrected chi connectivity index (χ4v) is 2.84. The molecule has 7 nitrogen and oxygen atoms in total. The first kappa shape index (κ1) is 16.3. The van der Waals surface area contributed by atoms with Crippen molar-refractivity contribution in [3.63, 3.8) is 0 Å². The number of amidine groups is 1. The van der Waals surface area contributed by atoms with Crippen molar-refractivity contribution in [2.75, 3.05) is 5.32 Å². The van der Waals surface area contributed by atoms with E-state index in [1.807, 2.05) is 6.92 Å². The van der Waals surface area contributed by atoms with E-state index in [4.69, 9.17) is 23.1 Å². The molecule has 1 atom stereocenters. The Bertz CT molecular complexity index is 685. The Balaban J connectivity index is 1.94. The number of aliphatic imine (C=N–C) groups is 2. The van der Waals surface area contributed by atoms with Gasteiger partial charge in [0.2, 0.25) is 5.91 Å². The van der Waals surface area contributed by atoms with Gasteiger partial charge in [-0.2, -0.15) is 9.98 Å². The number of rotatable bonds is 3. The summed E-state index contributed by atoms with van der Waals surface area (Å²) < 4.78 is 0. The van der Waals surface area contributed by atoms with Crippen molar-refractivity contribution in [2.24, 2.45) is 21.5 Å². The van der Waals surface area contributed by atoms with Gasteiger partial charge < -0.3 is 16.8 Å². The van der Waals surface area contributed by atoms with Crippen LogP contribution in [0.3, 0.4) is 0 Å². The fraction of sp³-hybridized carbons (Fsp3) is 0.231. The Morgan fingerprint density at radius 3 is 2.86 bits per heavy atom. The summed E-state index contributed by atoms with van der Waals surface area (Å²) >= 11 is 7.05. The number of anilines is 1. The molecular weight excluding hydrogens is 326 g/mol. The molecule has 1 aliphatic heterocycles. The largest absolute Gasteiger partial charge is 0.370 e. The van der Waals surface area contributed by atoms with Crippen LogP contribution in [0.15, 0.2) is 28.2 Å². The molecule has 5 N–H and O–H groups in total. The molecule has 0 saturated carbocycles. The third-order valence-corrected chi connectivity index (χ3v) is 4.23. The van der Waals surface area contributed by atoms with Gasteiger partial charge in [0.05, 0.1) is 0 Å². The lowest BCUT2D eigenvalue weighted by Crippen LogP contribution is -2.23. The Hall–Kier alpha value is -2.06. The number of nitrogens with one attached hydrogen (secondary N) is 1. The van der Waals surface area contributed by atoms with Crippen molar-refractivity contribution in [3.05, 3.63) is 28.8 Å². The topological polar surface area (TPSA) is 123 Å². The van der Waals surface area contributed by atoms with Crippen molar-refractivity contribution < 1.29 is 9.59 Å². The second kappa shape index (κ2) is 6.80. The summed E-state index contributed by atoms with van der Waals surface area (Å²) in [5.74, 6) is -0.924. The summed E-state index contributed by atoms with van der Waals surface area (Å²) in [6.45, 7) is 1.87. The minimum absolute atomic E-state index is 0.0258. The van der Waals surface area contributed by atoms with Crippen LogP contribution in [0.25, 0.3) is 0 Å². The van der Waals surface area contributed by atoms with Crippen LogP contribution in [-0.2, 0) is 9.59 Å². The van der Waals surface area contributed by atoms with E-state index in [0.717, 1.165) is 17.3 Å². The third-order valence-electron chi connectivity index (χ3n) is 2.78. The predicted molar refractivity (Wildman–Crippen MR) is 89.1 cm³/mol. The number of benzene rings is 1. The minimum Gasteiger partial charge on any atom is -0.370 e. The number of aryl methyl sites for hydroxylation is 1. The zero-order valence-electron chi connectivity index (χ0n) is 11.7. The maximum absolute atomic E-state index is 12.0. The number of thioether (sulfide) groups is 1. The number of nitrogens with zero attached hydrogens (tertiary/aromatic N) is 2. The van der Waals surface area contributed by atoms with E-state index in [1.165, 1.54) is 0 Å². The van der Waals surface area contributed by atoms with Crippen molar-refractivity contribution in [1.82, 2.24) is 0 Å². The molecule has 0 spiro atoms. The van der Waals surface area contributed by atoms with Crippen LogP contribution in [-0.4, -0.2) is 28.2 Å². The molecule has 2 rings (SSSR count). The van der Waals surface area contributed by atoms with Crippen LogP contribution >= 0.6 is 23.4 Å². The van der Waals surface area contributed by atoms with Crippen LogP contribution in [0, 0.1) is 6.92 Å². The number of carbonyl (C=O) groups excluding carboxylic acids is 2. The molecule has 22 heavy (non-hydrogen) atoms. The van der Waals surface area contributed by atoms with E-state index < -0.39 is 11.2 Å². The van der Waals surface area contributed by atoms with E-state index in [1.54, 1.807) is 18.2 Å². The van der Waals surface area contributed by atoms with Gasteiger partial charge in [-0.3, -0.25) is 9.59 Å². The van der Waals surface area contributed by atoms with Gasteiger partial charge in [0, 0.05) is 17.1 Å². The molecule has 1 aliphatic rings. The summed E-state index contributed by atoms with van der Waals surface area (Å²) in [7, 11) is 0. The van der Waals surface area contributed by atoms with Gasteiger partial charge in [-0.1, -0.05) is 29.4 Å². The maximum atomic E-state index is 12.0. The maximum Gasteiger partial charge on any atom is 0.262 e. The average molecular weight is 340 g/mol. The van der Waals surface area contributed by atoms with Crippen LogP contribution < -0.4 is 16.8 Å². The summed E-state index contributed by atoms with van der Waals surface area (Å²) in [6, 6.07) is 5.19. The third kappa shape index (κ3) is 4.22. The van der Waals surface area contributed by atoms with E-state index in [9.17, 15) is 9.59 Å². The number of carbonyl (C=O) groups is 2. The quantitative estimate of drug-likeness (QED) is 0.565. The lowest BCUT2D eigenvalue weighted by atomic mass is 10.2. The van der Waals surface area contributed by atoms with Crippen LogP contribution in [0.2, 0.25) is 5.02 Å². The highest BCUT2D eigenvalue weighted by atomic mass is 35.5. The summed E-state index contributed by atoms with van der Waals surface area (Å²) in [4.78, 5) is 31.1. The fourth-order valence-electron chi connectivity index (χ4n) is 1.71. The van der Waals surface area contributed by atoms with E-state index in [2.05, 4.69) is 15.3 Å². The normalized spacial score (nSPS) is 17.1. The van der Waals surface area contributed by atoms with Gasteiger partial charge in [0.1, 0.15) is 5.25 Å². The zero-order valence-corrected chi connectivity index (χ0v) is 13.2. The Labute approximate surface area is 136 Å². The average Bonchev–Trinajstić information content (AvgIpc) is 2.73. The highest BCUT2D eigenvalue weighted by Gasteiger charge is 2.30. The Kier molecular flexibility index (Phi) is 5.04. The molecule has 2 amide bonds. The number of amides is 2. The molecule has 0 unspecified atom stereocenters. The zero-order chi connectivity index (χ0) is 16.3. The van der Waals surface area contributed by atoms with Crippen molar-refractivity contribution in [2.45, 2.75) is 18.6 Å². The van der Waals surface area contributed by atoms with Gasteiger partial charge in [-0.15, -0.1) is 0 Å². The van der Waals surface area contributed by atoms with Crippen molar-refractivity contribution in [3.8, 4) is 0 Å². The van der Waals surface area contributed by atoms with Gasteiger partial charge in [0.15, 0.2) is 11.1 Å². The number of nitrogens with two attached hydrogens (primary N) is 2. The molecule has 1 aromatic rings. The molecular formula is C13H14ClN5O2S. The van der Waals surface area contributed by atoms with Gasteiger partial charge >= 0.3 is 0 Å². The smallest absolute Gasteiger partial charge is 0.262 e. The first-order valence-corrected chi connectivity index (χ1v) is 7.55. The van der Waals surface area contributed by atoms with Crippen molar-refractivity contribution in [1.29, 1.82) is 0 Å². The molecule has 1 aromatic carbocycles. The van der Waals surface area contributed by atoms with E-state index in [0.29, 0.717) is 10.7 Å². The van der Waals surface area contributed by atoms with E-state index in [-0.39, 0.29) is 23.5 Å². The number of guanidine groups is 1. The van der Waals surface area contributed by atoms with Crippen LogP contribution in [0.5, 0.6) is 0 Å². The molecule has 0 fully saturated rings. The molecule has 0 radical (unpaired) electrons. The monoisotopic (exact) mass is 339 g/mol. The predicted octanol–water partition coefficient (Wildman–Crippen LogP) is 1.25. The standard InChI is InChI=1S/C13H14ClN5O2S/c1-6-2-3-7(4-8(6)14)17-10(20)5-9-11(21)18-13(22-9)19-12(15)16/h2-4,9H,5H2,1H3,(H,17,20)(H4,15,16,18,19,21)/t9-/m1/s1. The molecule has 0 saturated heterocycles. The van der Waals surface area contributed by atoms with Gasteiger partial charge in [0.25, 0.3) is 5.91 Å². The van der Waals surface area contributed by atoms with Crippen LogP contribution in [0.4, 0.5) is 5.69 Å². The summed E-state index contributed by atoms with van der Waals surface area (Å²) in [5, 5.41) is 2.79. The Morgan fingerprint density at radius 2 is 2.23 bits per heavy atom. The SMILES string of the molecule is Cc1ccc(NC(=O)C[C@H]2SC(N=C(N)N)=NC2=O)cc1Cl. The summed E-state index contributed by atoms with van der Waals surface area (Å²) in [5.41, 5.74) is 11.9. The molecule has 0 bridgehead atoms. The Morgan fingerprint density at radius 1 is 1.50 bits per heavy atom. The second-order valence-electron chi connectivity index (χ2n) is 4.59. The first-order valence-electron chi connectivity index (χ1n) is 6.30. The highest BCUT2D eigenvalue weighted by Crippen LogP contribution is 2.26. The minimum atomic E-state index is -0.626. The van der Waals surface area contributed by atoms with Gasteiger partial charge in [-0.25, -0.2) is 0 Å². The number of hydrogen-bond acceptors (Lipinski definition) is 4. The molecule has 1 heterocycles. The van der Waals surface area contributed by atoms with Crippen LogP contribution in [0.1, 0.15) is 12.0 Å². The number of hydrogen-bond donors (Lipinski definition) is 3. The summed E-state index contributed by atoms with van der Waals surface area (Å²) in [6.07, 6.45) is -0.0258. The van der Waals surface area contributed by atoms with E-state index >= 15 is 0 Å². The molecule has 116 valence electrons. The van der Waals surface area contributed by atoms with Gasteiger partial charge in [-0.05, 0) is 24.6 Å². The highest BCUT2D eigenvalue weighted by molar-refractivity contribution is 8.15. The lowest BCUT2D eigenvalue weighted by Gasteiger charge is -2.09. The first-order chi connectivity index (χ1) is 10.3. The molecule has 0 aliphatic carbocycles. The molecule has 0 aromatic heterocycles.